The first-order valence-electron chi connectivity index (χ1n) is 12.0. The van der Waals surface area contributed by atoms with Gasteiger partial charge in [-0.15, -0.1) is 10.2 Å². The van der Waals surface area contributed by atoms with Crippen molar-refractivity contribution in [1.82, 2.24) is 14.8 Å². The fourth-order valence-electron chi connectivity index (χ4n) is 3.61. The first-order chi connectivity index (χ1) is 18.5. The Kier molecular flexibility index (Phi) is 9.10. The van der Waals surface area contributed by atoms with Crippen LogP contribution in [0.25, 0.3) is 5.69 Å². The van der Waals surface area contributed by atoms with Crippen molar-refractivity contribution in [3.63, 3.8) is 0 Å². The molecule has 0 fully saturated rings. The SMILES string of the molecule is CCOc1ccc(-n2c(COc3ccc(C)cc3)nnc2SCC(=O)Nc2ccc(OC)cc2OC)cc1. The van der Waals surface area contributed by atoms with Gasteiger partial charge in [-0.1, -0.05) is 29.5 Å². The van der Waals surface area contributed by atoms with Gasteiger partial charge in [0.25, 0.3) is 0 Å². The van der Waals surface area contributed by atoms with E-state index in [2.05, 4.69) is 15.5 Å². The van der Waals surface area contributed by atoms with Gasteiger partial charge in [-0.3, -0.25) is 9.36 Å². The molecule has 198 valence electrons. The van der Waals surface area contributed by atoms with Gasteiger partial charge in [0.1, 0.15) is 29.6 Å². The Balaban J connectivity index is 1.51. The fraction of sp³-hybridized carbons (Fsp3) is 0.250. The average molecular weight is 535 g/mol. The van der Waals surface area contributed by atoms with Gasteiger partial charge in [0, 0.05) is 11.8 Å². The number of rotatable bonds is 12. The van der Waals surface area contributed by atoms with E-state index in [1.165, 1.54) is 11.8 Å². The number of methoxy groups -OCH3 is 2. The van der Waals surface area contributed by atoms with E-state index in [-0.39, 0.29) is 18.3 Å². The molecule has 1 N–H and O–H groups in total. The van der Waals surface area contributed by atoms with E-state index in [1.54, 1.807) is 32.4 Å². The van der Waals surface area contributed by atoms with Crippen molar-refractivity contribution in [3.8, 4) is 28.7 Å². The van der Waals surface area contributed by atoms with E-state index >= 15 is 0 Å². The molecule has 0 bridgehead atoms. The Labute approximate surface area is 226 Å². The van der Waals surface area contributed by atoms with E-state index in [0.29, 0.717) is 34.8 Å². The molecule has 9 nitrogen and oxygen atoms in total. The second kappa shape index (κ2) is 12.9. The summed E-state index contributed by atoms with van der Waals surface area (Å²) in [6.45, 7) is 4.75. The van der Waals surface area contributed by atoms with Crippen LogP contribution < -0.4 is 24.3 Å². The lowest BCUT2D eigenvalue weighted by molar-refractivity contribution is -0.113. The smallest absolute Gasteiger partial charge is 0.234 e. The Morgan fingerprint density at radius 2 is 1.58 bits per heavy atom. The van der Waals surface area contributed by atoms with E-state index in [4.69, 9.17) is 18.9 Å². The first kappa shape index (κ1) is 26.9. The van der Waals surface area contributed by atoms with Crippen molar-refractivity contribution in [1.29, 1.82) is 0 Å². The van der Waals surface area contributed by atoms with Gasteiger partial charge in [0.05, 0.1) is 32.3 Å². The molecule has 0 unspecified atom stereocenters. The molecule has 3 aromatic carbocycles. The lowest BCUT2D eigenvalue weighted by atomic mass is 10.2. The van der Waals surface area contributed by atoms with Crippen molar-refractivity contribution in [2.75, 3.05) is 31.9 Å². The summed E-state index contributed by atoms with van der Waals surface area (Å²) in [6.07, 6.45) is 0. The lowest BCUT2D eigenvalue weighted by Gasteiger charge is -2.13. The molecule has 0 radical (unpaired) electrons. The predicted molar refractivity (Wildman–Crippen MR) is 147 cm³/mol. The third-order valence-electron chi connectivity index (χ3n) is 5.51. The minimum atomic E-state index is -0.211. The third kappa shape index (κ3) is 6.77. The number of aryl methyl sites for hydroxylation is 1. The number of hydrogen-bond donors (Lipinski definition) is 1. The van der Waals surface area contributed by atoms with Crippen LogP contribution in [0.4, 0.5) is 5.69 Å². The summed E-state index contributed by atoms with van der Waals surface area (Å²) in [6, 6.07) is 20.7. The molecule has 0 saturated carbocycles. The van der Waals surface area contributed by atoms with Gasteiger partial charge in [0.15, 0.2) is 11.0 Å². The van der Waals surface area contributed by atoms with Crippen LogP contribution in [0.2, 0.25) is 0 Å². The summed E-state index contributed by atoms with van der Waals surface area (Å²) in [4.78, 5) is 12.8. The van der Waals surface area contributed by atoms with Crippen LogP contribution in [0.1, 0.15) is 18.3 Å². The quantitative estimate of drug-likeness (QED) is 0.245. The number of thioether (sulfide) groups is 1. The highest BCUT2D eigenvalue weighted by Gasteiger charge is 2.18. The first-order valence-corrected chi connectivity index (χ1v) is 13.0. The standard InChI is InChI=1S/C28H30N4O5S/c1-5-36-21-12-8-20(9-13-21)32-26(17-37-22-10-6-19(2)7-11-22)30-31-28(32)38-18-27(33)29-24-15-14-23(34-3)16-25(24)35-4/h6-16H,5,17-18H2,1-4H3,(H,29,33). The molecule has 10 heteroatoms. The molecule has 4 rings (SSSR count). The number of benzene rings is 3. The maximum Gasteiger partial charge on any atom is 0.234 e. The molecule has 1 aromatic heterocycles. The number of anilines is 1. The summed E-state index contributed by atoms with van der Waals surface area (Å²) in [5.41, 5.74) is 2.54. The van der Waals surface area contributed by atoms with E-state index < -0.39 is 0 Å². The summed E-state index contributed by atoms with van der Waals surface area (Å²) in [7, 11) is 3.11. The molecular weight excluding hydrogens is 504 g/mol. The highest BCUT2D eigenvalue weighted by molar-refractivity contribution is 7.99. The molecule has 0 aliphatic carbocycles. The summed E-state index contributed by atoms with van der Waals surface area (Å²) in [5, 5.41) is 12.2. The summed E-state index contributed by atoms with van der Waals surface area (Å²) in [5.74, 6) is 3.16. The van der Waals surface area contributed by atoms with Crippen LogP contribution in [-0.4, -0.2) is 47.3 Å². The maximum absolute atomic E-state index is 12.8. The molecule has 38 heavy (non-hydrogen) atoms. The normalized spacial score (nSPS) is 10.6. The monoisotopic (exact) mass is 534 g/mol. The molecule has 1 amide bonds. The van der Waals surface area contributed by atoms with Crippen LogP contribution in [-0.2, 0) is 11.4 Å². The Hall–Kier alpha value is -4.18. The fourth-order valence-corrected chi connectivity index (χ4v) is 4.38. The number of aromatic nitrogens is 3. The Bertz CT molecular complexity index is 1360. The number of nitrogens with zero attached hydrogens (tertiary/aromatic N) is 3. The van der Waals surface area contributed by atoms with Crippen LogP contribution in [0.3, 0.4) is 0 Å². The molecule has 0 aliphatic rings. The van der Waals surface area contributed by atoms with Gasteiger partial charge in [-0.05, 0) is 62.4 Å². The predicted octanol–water partition coefficient (Wildman–Crippen LogP) is 5.30. The summed E-state index contributed by atoms with van der Waals surface area (Å²) < 4.78 is 24.0. The van der Waals surface area contributed by atoms with Gasteiger partial charge >= 0.3 is 0 Å². The second-order valence-electron chi connectivity index (χ2n) is 8.17. The average Bonchev–Trinajstić information content (AvgIpc) is 3.35. The number of amides is 1. The van der Waals surface area contributed by atoms with Gasteiger partial charge in [-0.2, -0.15) is 0 Å². The molecule has 0 atom stereocenters. The second-order valence-corrected chi connectivity index (χ2v) is 9.11. The largest absolute Gasteiger partial charge is 0.497 e. The zero-order chi connectivity index (χ0) is 26.9. The molecule has 1 heterocycles. The van der Waals surface area contributed by atoms with Crippen LogP contribution in [0.15, 0.2) is 71.9 Å². The molecule has 0 spiro atoms. The third-order valence-corrected chi connectivity index (χ3v) is 6.44. The molecule has 0 saturated heterocycles. The van der Waals surface area contributed by atoms with Crippen molar-refractivity contribution in [3.05, 3.63) is 78.1 Å². The maximum atomic E-state index is 12.8. The number of ether oxygens (including phenoxy) is 4. The minimum absolute atomic E-state index is 0.114. The number of carbonyl (C=O) groups is 1. The highest BCUT2D eigenvalue weighted by atomic mass is 32.2. The lowest BCUT2D eigenvalue weighted by Crippen LogP contribution is -2.15. The minimum Gasteiger partial charge on any atom is -0.497 e. The van der Waals surface area contributed by atoms with E-state index in [9.17, 15) is 4.79 Å². The van der Waals surface area contributed by atoms with Crippen LogP contribution in [0, 0.1) is 6.92 Å². The van der Waals surface area contributed by atoms with Gasteiger partial charge < -0.3 is 24.3 Å². The Morgan fingerprint density at radius 3 is 2.26 bits per heavy atom. The van der Waals surface area contributed by atoms with Crippen molar-refractivity contribution >= 4 is 23.4 Å². The van der Waals surface area contributed by atoms with Crippen LogP contribution in [0.5, 0.6) is 23.0 Å². The number of nitrogens with one attached hydrogen (secondary N) is 1. The van der Waals surface area contributed by atoms with E-state index in [1.807, 2.05) is 66.9 Å². The summed E-state index contributed by atoms with van der Waals surface area (Å²) >= 11 is 1.27. The van der Waals surface area contributed by atoms with Crippen LogP contribution >= 0.6 is 11.8 Å². The van der Waals surface area contributed by atoms with E-state index in [0.717, 1.165) is 22.7 Å². The zero-order valence-corrected chi connectivity index (χ0v) is 22.6. The number of carbonyl (C=O) groups excluding carboxylic acids is 1. The molecule has 4 aromatic rings. The van der Waals surface area contributed by atoms with Crippen molar-refractivity contribution in [2.24, 2.45) is 0 Å². The zero-order valence-electron chi connectivity index (χ0n) is 21.8. The number of hydrogen-bond acceptors (Lipinski definition) is 8. The molecular formula is C28H30N4O5S. The van der Waals surface area contributed by atoms with Crippen molar-refractivity contribution < 1.29 is 23.7 Å². The molecule has 0 aliphatic heterocycles. The highest BCUT2D eigenvalue weighted by Crippen LogP contribution is 2.30. The van der Waals surface area contributed by atoms with Gasteiger partial charge in [0.2, 0.25) is 5.91 Å². The van der Waals surface area contributed by atoms with Crippen molar-refractivity contribution in [2.45, 2.75) is 25.6 Å². The Morgan fingerprint density at radius 1 is 0.895 bits per heavy atom. The topological polar surface area (TPSA) is 96.7 Å². The van der Waals surface area contributed by atoms with Gasteiger partial charge in [-0.25, -0.2) is 0 Å².